The molecule has 0 saturated heterocycles. The minimum absolute atomic E-state index is 0.567. The Morgan fingerprint density at radius 2 is 2.12 bits per heavy atom. The normalized spacial score (nSPS) is 12.8. The highest BCUT2D eigenvalue weighted by Gasteiger charge is 2.07. The van der Waals surface area contributed by atoms with Crippen LogP contribution in [0.2, 0.25) is 0 Å². The van der Waals surface area contributed by atoms with Crippen molar-refractivity contribution in [3.05, 3.63) is 40.1 Å². The Hall–Kier alpha value is -1.20. The van der Waals surface area contributed by atoms with Crippen LogP contribution < -0.4 is 0 Å². The summed E-state index contributed by atoms with van der Waals surface area (Å²) in [4.78, 5) is 0. The summed E-state index contributed by atoms with van der Waals surface area (Å²) in [5.74, 6) is 0. The van der Waals surface area contributed by atoms with E-state index in [-0.39, 0.29) is 0 Å². The van der Waals surface area contributed by atoms with Gasteiger partial charge in [-0.05, 0) is 37.6 Å². The molecule has 2 aromatic rings. The van der Waals surface area contributed by atoms with Crippen LogP contribution in [-0.4, -0.2) is 20.1 Å². The summed E-state index contributed by atoms with van der Waals surface area (Å²) in [6.07, 6.45) is 1.13. The Bertz CT molecular complexity index is 487. The van der Waals surface area contributed by atoms with Gasteiger partial charge in [-0.1, -0.05) is 21.1 Å². The number of aliphatic hydroxyl groups excluding tert-OH is 1. The molecule has 1 heterocycles. The second kappa shape index (κ2) is 4.35. The number of nitrogens with zero attached hydrogens (tertiary/aromatic N) is 3. The Morgan fingerprint density at radius 3 is 2.69 bits per heavy atom. The van der Waals surface area contributed by atoms with Gasteiger partial charge in [-0.2, -0.15) is 0 Å². The fourth-order valence-electron chi connectivity index (χ4n) is 1.44. The lowest BCUT2D eigenvalue weighted by Gasteiger charge is -2.02. The van der Waals surface area contributed by atoms with Gasteiger partial charge < -0.3 is 5.11 Å². The first kappa shape index (κ1) is 11.3. The van der Waals surface area contributed by atoms with Crippen molar-refractivity contribution in [2.75, 3.05) is 0 Å². The Labute approximate surface area is 102 Å². The zero-order valence-electron chi connectivity index (χ0n) is 9.05. The summed E-state index contributed by atoms with van der Waals surface area (Å²) in [5, 5.41) is 17.2. The van der Waals surface area contributed by atoms with Crippen molar-refractivity contribution in [2.45, 2.75) is 20.0 Å². The average Bonchev–Trinajstić information content (AvgIpc) is 2.64. The second-order valence-corrected chi connectivity index (χ2v) is 4.67. The predicted molar refractivity (Wildman–Crippen MR) is 64.4 cm³/mol. The molecule has 16 heavy (non-hydrogen) atoms. The third-order valence-corrected chi connectivity index (χ3v) is 2.69. The van der Waals surface area contributed by atoms with E-state index < -0.39 is 6.10 Å². The third-order valence-electron chi connectivity index (χ3n) is 2.23. The molecule has 2 rings (SSSR count). The number of benzene rings is 1. The summed E-state index contributed by atoms with van der Waals surface area (Å²) >= 11 is 3.44. The Morgan fingerprint density at radius 1 is 1.38 bits per heavy atom. The third kappa shape index (κ3) is 2.31. The number of aryl methyl sites for hydroxylation is 1. The van der Waals surface area contributed by atoms with Gasteiger partial charge in [-0.15, -0.1) is 5.10 Å². The van der Waals surface area contributed by atoms with E-state index in [0.717, 1.165) is 15.7 Å². The second-order valence-electron chi connectivity index (χ2n) is 3.75. The van der Waals surface area contributed by atoms with E-state index in [1.807, 2.05) is 25.1 Å². The van der Waals surface area contributed by atoms with Gasteiger partial charge in [0.05, 0.1) is 18.0 Å². The topological polar surface area (TPSA) is 50.9 Å². The van der Waals surface area contributed by atoms with Gasteiger partial charge in [-0.25, -0.2) is 4.68 Å². The van der Waals surface area contributed by atoms with Crippen molar-refractivity contribution in [3.63, 3.8) is 0 Å². The molecule has 0 aliphatic carbocycles. The van der Waals surface area contributed by atoms with Crippen LogP contribution in [0.4, 0.5) is 0 Å². The van der Waals surface area contributed by atoms with Crippen LogP contribution in [0.3, 0.4) is 0 Å². The van der Waals surface area contributed by atoms with Gasteiger partial charge in [0.1, 0.15) is 5.69 Å². The van der Waals surface area contributed by atoms with Crippen molar-refractivity contribution in [1.29, 1.82) is 0 Å². The van der Waals surface area contributed by atoms with Gasteiger partial charge in [-0.3, -0.25) is 0 Å². The van der Waals surface area contributed by atoms with Crippen LogP contribution in [0.15, 0.2) is 28.9 Å². The highest BCUT2D eigenvalue weighted by atomic mass is 79.9. The molecule has 1 aromatic heterocycles. The van der Waals surface area contributed by atoms with E-state index in [9.17, 15) is 5.11 Å². The molecule has 0 amide bonds. The molecule has 0 spiro atoms. The molecule has 0 bridgehead atoms. The maximum atomic E-state index is 9.37. The van der Waals surface area contributed by atoms with Gasteiger partial charge in [0.25, 0.3) is 0 Å². The number of rotatable bonds is 2. The molecule has 0 radical (unpaired) electrons. The molecule has 0 saturated carbocycles. The fourth-order valence-corrected chi connectivity index (χ4v) is 2.04. The molecule has 0 fully saturated rings. The van der Waals surface area contributed by atoms with E-state index >= 15 is 0 Å². The highest BCUT2D eigenvalue weighted by Crippen LogP contribution is 2.18. The van der Waals surface area contributed by atoms with Crippen LogP contribution in [0, 0.1) is 6.92 Å². The first-order valence-corrected chi connectivity index (χ1v) is 5.73. The molecule has 1 unspecified atom stereocenters. The summed E-state index contributed by atoms with van der Waals surface area (Å²) < 4.78 is 2.65. The molecular formula is C11H12BrN3O. The average molecular weight is 282 g/mol. The van der Waals surface area contributed by atoms with Crippen LogP contribution in [0.1, 0.15) is 24.3 Å². The summed E-state index contributed by atoms with van der Waals surface area (Å²) in [5.41, 5.74) is 2.63. The zero-order chi connectivity index (χ0) is 11.7. The van der Waals surface area contributed by atoms with Crippen molar-refractivity contribution in [3.8, 4) is 5.69 Å². The zero-order valence-corrected chi connectivity index (χ0v) is 10.6. The van der Waals surface area contributed by atoms with Crippen LogP contribution in [-0.2, 0) is 0 Å². The summed E-state index contributed by atoms with van der Waals surface area (Å²) in [6.45, 7) is 3.68. The minimum atomic E-state index is -0.595. The van der Waals surface area contributed by atoms with E-state index in [0.29, 0.717) is 5.69 Å². The number of hydrogen-bond donors (Lipinski definition) is 1. The largest absolute Gasteiger partial charge is 0.387 e. The monoisotopic (exact) mass is 281 g/mol. The lowest BCUT2D eigenvalue weighted by atomic mass is 10.2. The van der Waals surface area contributed by atoms with Crippen LogP contribution in [0.25, 0.3) is 5.69 Å². The van der Waals surface area contributed by atoms with E-state index in [2.05, 4.69) is 26.2 Å². The van der Waals surface area contributed by atoms with Crippen molar-refractivity contribution < 1.29 is 5.11 Å². The molecule has 1 aromatic carbocycles. The smallest absolute Gasteiger partial charge is 0.111 e. The quantitative estimate of drug-likeness (QED) is 0.920. The van der Waals surface area contributed by atoms with Crippen molar-refractivity contribution in [1.82, 2.24) is 15.0 Å². The van der Waals surface area contributed by atoms with Crippen molar-refractivity contribution in [2.24, 2.45) is 0 Å². The van der Waals surface area contributed by atoms with Gasteiger partial charge in [0.2, 0.25) is 0 Å². The van der Waals surface area contributed by atoms with E-state index in [1.165, 1.54) is 0 Å². The van der Waals surface area contributed by atoms with Gasteiger partial charge in [0.15, 0.2) is 0 Å². The molecule has 0 aliphatic rings. The molecule has 4 nitrogen and oxygen atoms in total. The van der Waals surface area contributed by atoms with E-state index in [1.54, 1.807) is 17.8 Å². The molecule has 1 atom stereocenters. The Kier molecular flexibility index (Phi) is 3.07. The maximum absolute atomic E-state index is 9.37. The molecule has 5 heteroatoms. The SMILES string of the molecule is Cc1cc(Br)cc(-n2cc(C(C)O)nn2)c1. The number of aliphatic hydroxyl groups is 1. The predicted octanol–water partition coefficient (Wildman–Crippen LogP) is 2.39. The lowest BCUT2D eigenvalue weighted by Crippen LogP contribution is -1.95. The number of aromatic nitrogens is 3. The fraction of sp³-hybridized carbons (Fsp3) is 0.273. The van der Waals surface area contributed by atoms with Gasteiger partial charge >= 0.3 is 0 Å². The minimum Gasteiger partial charge on any atom is -0.387 e. The van der Waals surface area contributed by atoms with Crippen LogP contribution >= 0.6 is 15.9 Å². The number of halogens is 1. The molecule has 0 aliphatic heterocycles. The first-order chi connectivity index (χ1) is 7.56. The molecular weight excluding hydrogens is 270 g/mol. The molecule has 84 valence electrons. The summed E-state index contributed by atoms with van der Waals surface area (Å²) in [6, 6.07) is 5.98. The maximum Gasteiger partial charge on any atom is 0.111 e. The summed E-state index contributed by atoms with van der Waals surface area (Å²) in [7, 11) is 0. The van der Waals surface area contributed by atoms with Gasteiger partial charge in [0, 0.05) is 4.47 Å². The van der Waals surface area contributed by atoms with E-state index in [4.69, 9.17) is 0 Å². The highest BCUT2D eigenvalue weighted by molar-refractivity contribution is 9.10. The number of hydrogen-bond acceptors (Lipinski definition) is 3. The molecule has 1 N–H and O–H groups in total. The Balaban J connectivity index is 2.42. The first-order valence-electron chi connectivity index (χ1n) is 4.94. The van der Waals surface area contributed by atoms with Crippen LogP contribution in [0.5, 0.6) is 0 Å². The lowest BCUT2D eigenvalue weighted by molar-refractivity contribution is 0.194. The van der Waals surface area contributed by atoms with Crippen molar-refractivity contribution >= 4 is 15.9 Å². The standard InChI is InChI=1S/C11H12BrN3O/c1-7-3-9(12)5-10(4-7)15-6-11(8(2)16)13-14-15/h3-6,8,16H,1-2H3.